The van der Waals surface area contributed by atoms with Gasteiger partial charge in [0, 0.05) is 5.54 Å². The largest absolute Gasteiger partial charge is 0.311 e. The average Bonchev–Trinajstić information content (AvgIpc) is 2.37. The highest BCUT2D eigenvalue weighted by Gasteiger charge is 2.23. The Bertz CT molecular complexity index is 150. The van der Waals surface area contributed by atoms with E-state index < -0.39 is 0 Å². The van der Waals surface area contributed by atoms with Gasteiger partial charge in [0.2, 0.25) is 0 Å². The Morgan fingerprint density at radius 1 is 0.706 bits per heavy atom. The second-order valence-electron chi connectivity index (χ2n) is 5.43. The van der Waals surface area contributed by atoms with Crippen LogP contribution >= 0.6 is 0 Å². The summed E-state index contributed by atoms with van der Waals surface area (Å²) in [5.41, 5.74) is 0.432. The van der Waals surface area contributed by atoms with Gasteiger partial charge in [-0.1, -0.05) is 66.2 Å². The van der Waals surface area contributed by atoms with E-state index in [1.807, 2.05) is 0 Å². The molecule has 0 aliphatic carbocycles. The van der Waals surface area contributed by atoms with Crippen molar-refractivity contribution in [2.45, 2.75) is 97.4 Å². The van der Waals surface area contributed by atoms with Crippen LogP contribution in [-0.4, -0.2) is 12.1 Å². The third kappa shape index (κ3) is 7.81. The summed E-state index contributed by atoms with van der Waals surface area (Å²) in [6.07, 6.45) is 13.5. The van der Waals surface area contributed by atoms with Gasteiger partial charge < -0.3 is 5.32 Å². The Kier molecular flexibility index (Phi) is 11.0. The summed E-state index contributed by atoms with van der Waals surface area (Å²) in [4.78, 5) is 0. The normalized spacial score (nSPS) is 12.0. The Balaban J connectivity index is 3.85. The number of hydrogen-bond acceptors (Lipinski definition) is 1. The molecule has 0 saturated carbocycles. The lowest BCUT2D eigenvalue weighted by atomic mass is 9.86. The van der Waals surface area contributed by atoms with Gasteiger partial charge in [-0.3, -0.25) is 0 Å². The molecule has 0 spiro atoms. The standard InChI is InChI=1S/C16H35N/c1-5-9-11-13-15-17-16(7-3,8-4)14-12-10-6-2/h17H,5-15H2,1-4H3. The van der Waals surface area contributed by atoms with Crippen LogP contribution in [0.1, 0.15) is 91.9 Å². The van der Waals surface area contributed by atoms with Gasteiger partial charge >= 0.3 is 0 Å². The van der Waals surface area contributed by atoms with E-state index >= 15 is 0 Å². The minimum atomic E-state index is 0.432. The molecule has 1 heteroatoms. The first-order valence-electron chi connectivity index (χ1n) is 7.99. The number of rotatable bonds is 12. The van der Waals surface area contributed by atoms with Crippen LogP contribution in [0, 0.1) is 0 Å². The monoisotopic (exact) mass is 241 g/mol. The van der Waals surface area contributed by atoms with Gasteiger partial charge in [0.1, 0.15) is 0 Å². The zero-order valence-electron chi connectivity index (χ0n) is 12.8. The lowest BCUT2D eigenvalue weighted by Crippen LogP contribution is -2.44. The maximum Gasteiger partial charge on any atom is 0.0176 e. The Hall–Kier alpha value is -0.0400. The predicted molar refractivity (Wildman–Crippen MR) is 79.6 cm³/mol. The predicted octanol–water partition coefficient (Wildman–Crippen LogP) is 5.30. The summed E-state index contributed by atoms with van der Waals surface area (Å²) in [6.45, 7) is 10.5. The van der Waals surface area contributed by atoms with Crippen LogP contribution in [0.25, 0.3) is 0 Å². The van der Waals surface area contributed by atoms with Gasteiger partial charge in [-0.05, 0) is 32.2 Å². The molecule has 0 unspecified atom stereocenters. The van der Waals surface area contributed by atoms with E-state index in [0.29, 0.717) is 5.54 Å². The third-order valence-corrected chi connectivity index (χ3v) is 4.14. The van der Waals surface area contributed by atoms with Gasteiger partial charge in [0.05, 0.1) is 0 Å². The zero-order valence-corrected chi connectivity index (χ0v) is 12.8. The maximum absolute atomic E-state index is 3.85. The molecule has 0 radical (unpaired) electrons. The minimum absolute atomic E-state index is 0.432. The van der Waals surface area contributed by atoms with E-state index in [4.69, 9.17) is 0 Å². The van der Waals surface area contributed by atoms with Crippen molar-refractivity contribution in [3.05, 3.63) is 0 Å². The van der Waals surface area contributed by atoms with Gasteiger partial charge in [-0.25, -0.2) is 0 Å². The van der Waals surface area contributed by atoms with Crippen molar-refractivity contribution in [1.82, 2.24) is 5.32 Å². The molecule has 0 rings (SSSR count). The van der Waals surface area contributed by atoms with Crippen LogP contribution < -0.4 is 5.32 Å². The molecule has 0 heterocycles. The second-order valence-corrected chi connectivity index (χ2v) is 5.43. The zero-order chi connectivity index (χ0) is 13.0. The molecule has 0 aromatic rings. The molecule has 0 amide bonds. The van der Waals surface area contributed by atoms with Crippen LogP contribution in [0.3, 0.4) is 0 Å². The van der Waals surface area contributed by atoms with E-state index in [-0.39, 0.29) is 0 Å². The summed E-state index contributed by atoms with van der Waals surface area (Å²) >= 11 is 0. The first kappa shape index (κ1) is 17.0. The van der Waals surface area contributed by atoms with Crippen molar-refractivity contribution in [1.29, 1.82) is 0 Å². The van der Waals surface area contributed by atoms with Crippen molar-refractivity contribution in [3.63, 3.8) is 0 Å². The van der Waals surface area contributed by atoms with Crippen molar-refractivity contribution in [2.75, 3.05) is 6.54 Å². The highest BCUT2D eigenvalue weighted by Crippen LogP contribution is 2.23. The topological polar surface area (TPSA) is 12.0 Å². The van der Waals surface area contributed by atoms with E-state index in [1.165, 1.54) is 70.8 Å². The molecule has 17 heavy (non-hydrogen) atoms. The molecule has 0 aliphatic rings. The molecule has 0 fully saturated rings. The molecule has 104 valence electrons. The molecular formula is C16H35N. The molecule has 0 saturated heterocycles. The highest BCUT2D eigenvalue weighted by atomic mass is 15.0. The first-order chi connectivity index (χ1) is 8.24. The Morgan fingerprint density at radius 3 is 1.82 bits per heavy atom. The SMILES string of the molecule is CCCCCCNC(CC)(CC)CCCCC. The molecule has 1 nitrogen and oxygen atoms in total. The third-order valence-electron chi connectivity index (χ3n) is 4.14. The van der Waals surface area contributed by atoms with Crippen molar-refractivity contribution in [3.8, 4) is 0 Å². The molecule has 0 atom stereocenters. The van der Waals surface area contributed by atoms with Crippen molar-refractivity contribution in [2.24, 2.45) is 0 Å². The summed E-state index contributed by atoms with van der Waals surface area (Å²) in [5.74, 6) is 0. The van der Waals surface area contributed by atoms with Crippen LogP contribution in [0.2, 0.25) is 0 Å². The van der Waals surface area contributed by atoms with Crippen molar-refractivity contribution >= 4 is 0 Å². The quantitative estimate of drug-likeness (QED) is 0.457. The van der Waals surface area contributed by atoms with E-state index in [1.54, 1.807) is 0 Å². The lowest BCUT2D eigenvalue weighted by molar-refractivity contribution is 0.269. The summed E-state index contributed by atoms with van der Waals surface area (Å²) in [5, 5.41) is 3.85. The molecule has 0 bridgehead atoms. The van der Waals surface area contributed by atoms with E-state index in [0.717, 1.165) is 0 Å². The molecular weight excluding hydrogens is 206 g/mol. The summed E-state index contributed by atoms with van der Waals surface area (Å²) in [6, 6.07) is 0. The van der Waals surface area contributed by atoms with Crippen LogP contribution in [0.5, 0.6) is 0 Å². The van der Waals surface area contributed by atoms with Gasteiger partial charge in [-0.15, -0.1) is 0 Å². The summed E-state index contributed by atoms with van der Waals surface area (Å²) < 4.78 is 0. The molecule has 1 N–H and O–H groups in total. The molecule has 0 aromatic carbocycles. The fraction of sp³-hybridized carbons (Fsp3) is 1.00. The molecule has 0 aromatic heterocycles. The van der Waals surface area contributed by atoms with Crippen molar-refractivity contribution < 1.29 is 0 Å². The Morgan fingerprint density at radius 2 is 1.29 bits per heavy atom. The number of hydrogen-bond donors (Lipinski definition) is 1. The van der Waals surface area contributed by atoms with Gasteiger partial charge in [0.15, 0.2) is 0 Å². The van der Waals surface area contributed by atoms with Gasteiger partial charge in [0.25, 0.3) is 0 Å². The Labute approximate surface area is 110 Å². The van der Waals surface area contributed by atoms with E-state index in [2.05, 4.69) is 33.0 Å². The van der Waals surface area contributed by atoms with Gasteiger partial charge in [-0.2, -0.15) is 0 Å². The van der Waals surface area contributed by atoms with Crippen LogP contribution in [0.4, 0.5) is 0 Å². The number of nitrogens with one attached hydrogen (secondary N) is 1. The van der Waals surface area contributed by atoms with Crippen LogP contribution in [0.15, 0.2) is 0 Å². The minimum Gasteiger partial charge on any atom is -0.311 e. The smallest absolute Gasteiger partial charge is 0.0176 e. The fourth-order valence-corrected chi connectivity index (χ4v) is 2.56. The molecule has 0 aliphatic heterocycles. The lowest BCUT2D eigenvalue weighted by Gasteiger charge is -2.33. The summed E-state index contributed by atoms with van der Waals surface area (Å²) in [7, 11) is 0. The average molecular weight is 241 g/mol. The first-order valence-corrected chi connectivity index (χ1v) is 7.99. The maximum atomic E-state index is 3.85. The van der Waals surface area contributed by atoms with Crippen LogP contribution in [-0.2, 0) is 0 Å². The fourth-order valence-electron chi connectivity index (χ4n) is 2.56. The second kappa shape index (κ2) is 11.1. The highest BCUT2D eigenvalue weighted by molar-refractivity contribution is 4.85. The van der Waals surface area contributed by atoms with E-state index in [9.17, 15) is 0 Å². The number of unbranched alkanes of at least 4 members (excludes halogenated alkanes) is 5.